The van der Waals surface area contributed by atoms with Gasteiger partial charge in [-0.2, -0.15) is 0 Å². The smallest absolute Gasteiger partial charge is 0.310 e. The van der Waals surface area contributed by atoms with Crippen LogP contribution in [0.2, 0.25) is 0 Å². The summed E-state index contributed by atoms with van der Waals surface area (Å²) in [6.07, 6.45) is 2.73. The van der Waals surface area contributed by atoms with Crippen LogP contribution in [0, 0.1) is 12.8 Å². The molecule has 1 amide bonds. The number of hydrogen-bond acceptors (Lipinski definition) is 4. The van der Waals surface area contributed by atoms with E-state index in [1.54, 1.807) is 0 Å². The molecule has 0 aliphatic carbocycles. The molecular weight excluding hydrogens is 402 g/mol. The van der Waals surface area contributed by atoms with E-state index in [0.717, 1.165) is 36.1 Å². The molecular formula is C26H31N3O3. The van der Waals surface area contributed by atoms with Gasteiger partial charge >= 0.3 is 5.97 Å². The highest BCUT2D eigenvalue weighted by atomic mass is 16.5. The normalized spacial score (nSPS) is 16.3. The van der Waals surface area contributed by atoms with E-state index in [0.29, 0.717) is 32.7 Å². The average Bonchev–Trinajstić information content (AvgIpc) is 3.14. The zero-order chi connectivity index (χ0) is 22.5. The number of aryl methyl sites for hydroxylation is 2. The Morgan fingerprint density at radius 1 is 1.16 bits per heavy atom. The third-order valence-corrected chi connectivity index (χ3v) is 6.12. The summed E-state index contributed by atoms with van der Waals surface area (Å²) in [5.41, 5.74) is 4.43. The molecule has 1 unspecified atom stereocenters. The Morgan fingerprint density at radius 3 is 2.81 bits per heavy atom. The van der Waals surface area contributed by atoms with E-state index in [2.05, 4.69) is 41.8 Å². The third-order valence-electron chi connectivity index (χ3n) is 6.12. The molecule has 3 aromatic rings. The summed E-state index contributed by atoms with van der Waals surface area (Å²) in [6.45, 7) is 6.01. The predicted molar refractivity (Wildman–Crippen MR) is 124 cm³/mol. The van der Waals surface area contributed by atoms with Crippen molar-refractivity contribution in [2.24, 2.45) is 5.92 Å². The number of carbonyl (C=O) groups is 2. The second-order valence-corrected chi connectivity index (χ2v) is 8.52. The topological polar surface area (TPSA) is 64.4 Å². The van der Waals surface area contributed by atoms with E-state index in [-0.39, 0.29) is 17.8 Å². The summed E-state index contributed by atoms with van der Waals surface area (Å²) in [5.74, 6) is 0.649. The van der Waals surface area contributed by atoms with Crippen molar-refractivity contribution in [2.75, 3.05) is 19.7 Å². The number of esters is 1. The van der Waals surface area contributed by atoms with Crippen molar-refractivity contribution in [2.45, 2.75) is 46.1 Å². The molecule has 6 nitrogen and oxygen atoms in total. The first-order chi connectivity index (χ1) is 15.5. The van der Waals surface area contributed by atoms with Crippen LogP contribution in [0.1, 0.15) is 43.1 Å². The Labute approximate surface area is 189 Å². The first kappa shape index (κ1) is 22.1. The van der Waals surface area contributed by atoms with Crippen LogP contribution < -0.4 is 0 Å². The second kappa shape index (κ2) is 9.98. The van der Waals surface area contributed by atoms with Gasteiger partial charge in [-0.3, -0.25) is 9.59 Å². The van der Waals surface area contributed by atoms with Crippen LogP contribution in [0.25, 0.3) is 11.0 Å². The van der Waals surface area contributed by atoms with Gasteiger partial charge in [0, 0.05) is 32.5 Å². The largest absolute Gasteiger partial charge is 0.466 e. The SMILES string of the molecule is CCOC(=O)C1CCCN(C(=O)CCn2c(Cc3cccc(C)c3)nc3ccccc32)C1. The van der Waals surface area contributed by atoms with Gasteiger partial charge in [0.05, 0.1) is 23.6 Å². The maximum absolute atomic E-state index is 13.0. The lowest BCUT2D eigenvalue weighted by Gasteiger charge is -2.31. The number of nitrogens with zero attached hydrogens (tertiary/aromatic N) is 3. The van der Waals surface area contributed by atoms with Crippen LogP contribution in [0.3, 0.4) is 0 Å². The predicted octanol–water partition coefficient (Wildman–Crippen LogP) is 4.13. The van der Waals surface area contributed by atoms with E-state index >= 15 is 0 Å². The number of ether oxygens (including phenoxy) is 1. The van der Waals surface area contributed by atoms with Crippen molar-refractivity contribution in [3.63, 3.8) is 0 Å². The van der Waals surface area contributed by atoms with Crippen molar-refractivity contribution in [3.8, 4) is 0 Å². The number of para-hydroxylation sites is 2. The fourth-order valence-corrected chi connectivity index (χ4v) is 4.54. The van der Waals surface area contributed by atoms with Gasteiger partial charge in [-0.05, 0) is 44.4 Å². The van der Waals surface area contributed by atoms with Gasteiger partial charge < -0.3 is 14.2 Å². The summed E-state index contributed by atoms with van der Waals surface area (Å²) in [4.78, 5) is 31.8. The number of carbonyl (C=O) groups excluding carboxylic acids is 2. The zero-order valence-electron chi connectivity index (χ0n) is 18.9. The molecule has 1 saturated heterocycles. The molecule has 1 aliphatic rings. The molecule has 4 rings (SSSR count). The number of hydrogen-bond donors (Lipinski definition) is 0. The lowest BCUT2D eigenvalue weighted by atomic mass is 9.98. The van der Waals surface area contributed by atoms with Crippen molar-refractivity contribution in [1.82, 2.24) is 14.5 Å². The van der Waals surface area contributed by atoms with E-state index in [4.69, 9.17) is 9.72 Å². The molecule has 2 heterocycles. The van der Waals surface area contributed by atoms with Crippen molar-refractivity contribution in [1.29, 1.82) is 0 Å². The molecule has 1 atom stereocenters. The van der Waals surface area contributed by atoms with Crippen molar-refractivity contribution in [3.05, 3.63) is 65.5 Å². The minimum Gasteiger partial charge on any atom is -0.466 e. The number of amides is 1. The summed E-state index contributed by atoms with van der Waals surface area (Å²) in [6, 6.07) is 16.5. The fraction of sp³-hybridized carbons (Fsp3) is 0.423. The van der Waals surface area contributed by atoms with E-state index in [1.807, 2.05) is 30.0 Å². The van der Waals surface area contributed by atoms with E-state index in [9.17, 15) is 9.59 Å². The second-order valence-electron chi connectivity index (χ2n) is 8.52. The monoisotopic (exact) mass is 433 g/mol. The summed E-state index contributed by atoms with van der Waals surface area (Å²) in [7, 11) is 0. The highest BCUT2D eigenvalue weighted by Gasteiger charge is 2.29. The molecule has 1 fully saturated rings. The first-order valence-corrected chi connectivity index (χ1v) is 11.5. The van der Waals surface area contributed by atoms with Gasteiger partial charge in [-0.1, -0.05) is 42.0 Å². The number of likely N-dealkylation sites (tertiary alicyclic amines) is 1. The van der Waals surface area contributed by atoms with Crippen molar-refractivity contribution >= 4 is 22.9 Å². The number of piperidine rings is 1. The fourth-order valence-electron chi connectivity index (χ4n) is 4.54. The first-order valence-electron chi connectivity index (χ1n) is 11.5. The number of benzene rings is 2. The van der Waals surface area contributed by atoms with E-state index in [1.165, 1.54) is 11.1 Å². The molecule has 0 N–H and O–H groups in total. The molecule has 2 aromatic carbocycles. The highest BCUT2D eigenvalue weighted by Crippen LogP contribution is 2.22. The zero-order valence-corrected chi connectivity index (χ0v) is 18.9. The van der Waals surface area contributed by atoms with Crippen LogP contribution in [-0.2, 0) is 27.3 Å². The maximum Gasteiger partial charge on any atom is 0.310 e. The summed E-state index contributed by atoms with van der Waals surface area (Å²) < 4.78 is 7.34. The highest BCUT2D eigenvalue weighted by molar-refractivity contribution is 5.79. The van der Waals surface area contributed by atoms with Crippen molar-refractivity contribution < 1.29 is 14.3 Å². The Kier molecular flexibility index (Phi) is 6.88. The molecule has 0 bridgehead atoms. The molecule has 0 radical (unpaired) electrons. The third kappa shape index (κ3) is 5.01. The van der Waals surface area contributed by atoms with Crippen LogP contribution in [0.5, 0.6) is 0 Å². The molecule has 1 aromatic heterocycles. The Balaban J connectivity index is 1.48. The van der Waals surface area contributed by atoms with Gasteiger partial charge in [0.25, 0.3) is 0 Å². The van der Waals surface area contributed by atoms with Gasteiger partial charge in [-0.25, -0.2) is 4.98 Å². The standard InChI is InChI=1S/C26H31N3O3/c1-3-32-26(31)21-10-7-14-28(18-21)25(30)13-15-29-23-12-5-4-11-22(23)27-24(29)17-20-9-6-8-19(2)16-20/h4-6,8-9,11-12,16,21H,3,7,10,13-15,17-18H2,1-2H3. The van der Waals surface area contributed by atoms with Crippen LogP contribution in [-0.4, -0.2) is 46.0 Å². The van der Waals surface area contributed by atoms with Gasteiger partial charge in [0.1, 0.15) is 5.82 Å². The summed E-state index contributed by atoms with van der Waals surface area (Å²) in [5, 5.41) is 0. The lowest BCUT2D eigenvalue weighted by molar-refractivity contribution is -0.151. The van der Waals surface area contributed by atoms with Gasteiger partial charge in [0.15, 0.2) is 0 Å². The van der Waals surface area contributed by atoms with Crippen LogP contribution >= 0.6 is 0 Å². The molecule has 32 heavy (non-hydrogen) atoms. The molecule has 6 heteroatoms. The number of aromatic nitrogens is 2. The lowest BCUT2D eigenvalue weighted by Crippen LogP contribution is -2.43. The Bertz CT molecular complexity index is 1100. The van der Waals surface area contributed by atoms with Crippen LogP contribution in [0.15, 0.2) is 48.5 Å². The number of fused-ring (bicyclic) bond motifs is 1. The molecule has 0 spiro atoms. The molecule has 168 valence electrons. The Hall–Kier alpha value is -3.15. The van der Waals surface area contributed by atoms with E-state index < -0.39 is 0 Å². The summed E-state index contributed by atoms with van der Waals surface area (Å²) >= 11 is 0. The maximum atomic E-state index is 13.0. The molecule has 0 saturated carbocycles. The van der Waals surface area contributed by atoms with Gasteiger partial charge in [-0.15, -0.1) is 0 Å². The van der Waals surface area contributed by atoms with Crippen LogP contribution in [0.4, 0.5) is 0 Å². The average molecular weight is 434 g/mol. The minimum absolute atomic E-state index is 0.0817. The number of rotatable bonds is 7. The van der Waals surface area contributed by atoms with Gasteiger partial charge in [0.2, 0.25) is 5.91 Å². The Morgan fingerprint density at radius 2 is 2.00 bits per heavy atom. The minimum atomic E-state index is -0.210. The molecule has 1 aliphatic heterocycles. The quantitative estimate of drug-likeness (QED) is 0.526. The number of imidazole rings is 1.